The third-order valence-electron chi connectivity index (χ3n) is 4.08. The molecule has 0 aliphatic carbocycles. The Balaban J connectivity index is 2.02. The fourth-order valence-corrected chi connectivity index (χ4v) is 2.45. The van der Waals surface area contributed by atoms with E-state index in [4.69, 9.17) is 4.74 Å². The summed E-state index contributed by atoms with van der Waals surface area (Å²) in [4.78, 5) is 12.2. The lowest BCUT2D eigenvalue weighted by Crippen LogP contribution is -2.21. The van der Waals surface area contributed by atoms with Crippen LogP contribution in [-0.2, 0) is 4.79 Å². The number of carbonyl (C=O) groups is 1. The van der Waals surface area contributed by atoms with Gasteiger partial charge in [-0.25, -0.2) is 0 Å². The Morgan fingerprint density at radius 2 is 1.91 bits per heavy atom. The molecule has 0 saturated heterocycles. The second-order valence-corrected chi connectivity index (χ2v) is 6.00. The maximum absolute atomic E-state index is 12.2. The molecule has 3 heteroatoms. The molecule has 3 nitrogen and oxygen atoms in total. The van der Waals surface area contributed by atoms with Crippen LogP contribution in [0, 0.1) is 13.8 Å². The highest BCUT2D eigenvalue weighted by Crippen LogP contribution is 2.26. The quantitative estimate of drug-likeness (QED) is 0.829. The van der Waals surface area contributed by atoms with Crippen LogP contribution in [0.5, 0.6) is 5.75 Å². The molecule has 0 aromatic heterocycles. The van der Waals surface area contributed by atoms with Crippen molar-refractivity contribution in [2.75, 3.05) is 11.9 Å². The number of aryl methyl sites for hydroxylation is 2. The lowest BCUT2D eigenvalue weighted by atomic mass is 9.97. The molecule has 0 fully saturated rings. The van der Waals surface area contributed by atoms with E-state index >= 15 is 0 Å². The summed E-state index contributed by atoms with van der Waals surface area (Å²) in [6.07, 6.45) is 1.03. The van der Waals surface area contributed by atoms with Gasteiger partial charge < -0.3 is 10.1 Å². The third kappa shape index (κ3) is 4.59. The number of hydrogen-bond acceptors (Lipinski definition) is 2. The van der Waals surface area contributed by atoms with E-state index in [1.807, 2.05) is 50.2 Å². The van der Waals surface area contributed by atoms with Gasteiger partial charge >= 0.3 is 0 Å². The van der Waals surface area contributed by atoms with E-state index in [9.17, 15) is 4.79 Å². The van der Waals surface area contributed by atoms with Gasteiger partial charge in [-0.15, -0.1) is 0 Å². The van der Waals surface area contributed by atoms with Crippen molar-refractivity contribution in [1.29, 1.82) is 0 Å². The predicted molar refractivity (Wildman–Crippen MR) is 95.2 cm³/mol. The average molecular weight is 311 g/mol. The maximum Gasteiger partial charge on any atom is 0.262 e. The van der Waals surface area contributed by atoms with Crippen molar-refractivity contribution >= 4 is 11.6 Å². The van der Waals surface area contributed by atoms with Crippen molar-refractivity contribution in [3.8, 4) is 5.75 Å². The number of anilines is 1. The summed E-state index contributed by atoms with van der Waals surface area (Å²) < 4.78 is 5.67. The summed E-state index contributed by atoms with van der Waals surface area (Å²) in [5.41, 5.74) is 4.18. The number of ether oxygens (including phenoxy) is 1. The van der Waals surface area contributed by atoms with Gasteiger partial charge in [0.05, 0.1) is 0 Å². The molecule has 0 saturated carbocycles. The van der Waals surface area contributed by atoms with E-state index in [1.54, 1.807) is 0 Å². The molecule has 122 valence electrons. The lowest BCUT2D eigenvalue weighted by molar-refractivity contribution is -0.118. The zero-order chi connectivity index (χ0) is 16.8. The molecule has 23 heavy (non-hydrogen) atoms. The second-order valence-electron chi connectivity index (χ2n) is 6.00. The molecule has 0 aliphatic heterocycles. The Labute approximate surface area is 138 Å². The topological polar surface area (TPSA) is 38.3 Å². The molecule has 1 amide bonds. The number of hydrogen-bond donors (Lipinski definition) is 1. The Bertz CT molecular complexity index is 679. The van der Waals surface area contributed by atoms with Gasteiger partial charge in [-0.3, -0.25) is 4.79 Å². The fourth-order valence-electron chi connectivity index (χ4n) is 2.45. The molecule has 0 aliphatic rings. The zero-order valence-corrected chi connectivity index (χ0v) is 14.3. The summed E-state index contributed by atoms with van der Waals surface area (Å²) in [7, 11) is 0. The van der Waals surface area contributed by atoms with Crippen LogP contribution in [0.3, 0.4) is 0 Å². The molecular formula is C20H25NO2. The number of amides is 1. The number of rotatable bonds is 6. The van der Waals surface area contributed by atoms with Gasteiger partial charge in [-0.05, 0) is 55.0 Å². The van der Waals surface area contributed by atoms with Crippen LogP contribution < -0.4 is 10.1 Å². The van der Waals surface area contributed by atoms with Crippen molar-refractivity contribution in [1.82, 2.24) is 0 Å². The summed E-state index contributed by atoms with van der Waals surface area (Å²) in [6, 6.07) is 13.9. The maximum atomic E-state index is 12.2. The largest absolute Gasteiger partial charge is 0.483 e. The fraction of sp³-hybridized carbons (Fsp3) is 0.350. The number of para-hydroxylation sites is 1. The number of nitrogens with one attached hydrogen (secondary N) is 1. The van der Waals surface area contributed by atoms with Crippen LogP contribution in [0.1, 0.15) is 42.9 Å². The van der Waals surface area contributed by atoms with Gasteiger partial charge in [0.15, 0.2) is 6.61 Å². The Morgan fingerprint density at radius 3 is 2.65 bits per heavy atom. The first-order chi connectivity index (χ1) is 11.0. The highest BCUT2D eigenvalue weighted by molar-refractivity contribution is 5.92. The van der Waals surface area contributed by atoms with Crippen molar-refractivity contribution in [3.05, 3.63) is 59.2 Å². The Hall–Kier alpha value is -2.29. The second kappa shape index (κ2) is 7.82. The zero-order valence-electron chi connectivity index (χ0n) is 14.3. The highest BCUT2D eigenvalue weighted by atomic mass is 16.5. The molecular weight excluding hydrogens is 286 g/mol. The molecule has 0 radical (unpaired) electrons. The van der Waals surface area contributed by atoms with Crippen LogP contribution in [0.4, 0.5) is 5.69 Å². The number of benzene rings is 2. The van der Waals surface area contributed by atoms with E-state index < -0.39 is 0 Å². The van der Waals surface area contributed by atoms with Crippen LogP contribution >= 0.6 is 0 Å². The minimum absolute atomic E-state index is 0.0130. The van der Waals surface area contributed by atoms with Crippen molar-refractivity contribution in [3.63, 3.8) is 0 Å². The van der Waals surface area contributed by atoms with E-state index in [2.05, 4.69) is 25.2 Å². The van der Waals surface area contributed by atoms with Crippen molar-refractivity contribution in [2.45, 2.75) is 40.0 Å². The first-order valence-corrected chi connectivity index (χ1v) is 8.10. The Kier molecular flexibility index (Phi) is 5.80. The summed E-state index contributed by atoms with van der Waals surface area (Å²) in [5.74, 6) is 1.03. The Morgan fingerprint density at radius 1 is 1.17 bits per heavy atom. The van der Waals surface area contributed by atoms with Crippen LogP contribution in [0.25, 0.3) is 0 Å². The van der Waals surface area contributed by atoms with Crippen LogP contribution in [-0.4, -0.2) is 12.5 Å². The standard InChI is InChI=1S/C20H25NO2/c1-5-15(3)17-8-6-7-9-18(17)21-20(22)13-23-19-12-14(2)10-11-16(19)4/h6-12,15H,5,13H2,1-4H3,(H,21,22). The minimum Gasteiger partial charge on any atom is -0.483 e. The third-order valence-corrected chi connectivity index (χ3v) is 4.08. The monoisotopic (exact) mass is 311 g/mol. The average Bonchev–Trinajstić information content (AvgIpc) is 2.55. The molecule has 1 unspecified atom stereocenters. The first-order valence-electron chi connectivity index (χ1n) is 8.10. The molecule has 0 bridgehead atoms. The van der Waals surface area contributed by atoms with E-state index in [-0.39, 0.29) is 12.5 Å². The van der Waals surface area contributed by atoms with Gasteiger partial charge in [-0.2, -0.15) is 0 Å². The van der Waals surface area contributed by atoms with Gasteiger partial charge in [-0.1, -0.05) is 44.2 Å². The van der Waals surface area contributed by atoms with Crippen LogP contribution in [0.2, 0.25) is 0 Å². The molecule has 1 N–H and O–H groups in total. The first kappa shape index (κ1) is 17.1. The molecule has 1 atom stereocenters. The molecule has 2 aromatic rings. The smallest absolute Gasteiger partial charge is 0.262 e. The van der Waals surface area contributed by atoms with Gasteiger partial charge in [0.25, 0.3) is 5.91 Å². The normalized spacial score (nSPS) is 11.8. The summed E-state index contributed by atoms with van der Waals surface area (Å²) in [6.45, 7) is 8.31. The van der Waals surface area contributed by atoms with Crippen molar-refractivity contribution in [2.24, 2.45) is 0 Å². The van der Waals surface area contributed by atoms with E-state index in [0.717, 1.165) is 34.5 Å². The van der Waals surface area contributed by atoms with E-state index in [0.29, 0.717) is 5.92 Å². The van der Waals surface area contributed by atoms with Gasteiger partial charge in [0.2, 0.25) is 0 Å². The minimum atomic E-state index is -0.137. The lowest BCUT2D eigenvalue weighted by Gasteiger charge is -2.16. The predicted octanol–water partition coefficient (Wildman–Crippen LogP) is 4.83. The van der Waals surface area contributed by atoms with E-state index in [1.165, 1.54) is 0 Å². The molecule has 0 spiro atoms. The molecule has 2 aromatic carbocycles. The van der Waals surface area contributed by atoms with Gasteiger partial charge in [0, 0.05) is 5.69 Å². The highest BCUT2D eigenvalue weighted by Gasteiger charge is 2.11. The van der Waals surface area contributed by atoms with Gasteiger partial charge in [0.1, 0.15) is 5.75 Å². The SMILES string of the molecule is CCC(C)c1ccccc1NC(=O)COc1cc(C)ccc1C. The summed E-state index contributed by atoms with van der Waals surface area (Å²) in [5, 5.41) is 2.97. The van der Waals surface area contributed by atoms with Crippen LogP contribution in [0.15, 0.2) is 42.5 Å². The molecule has 0 heterocycles. The van der Waals surface area contributed by atoms with Crippen molar-refractivity contribution < 1.29 is 9.53 Å². The number of carbonyl (C=O) groups excluding carboxylic acids is 1. The summed E-state index contributed by atoms with van der Waals surface area (Å²) >= 11 is 0. The molecule has 2 rings (SSSR count).